The maximum absolute atomic E-state index is 13.8. The number of nitrogens with zero attached hydrogens (tertiary/aromatic N) is 1. The van der Waals surface area contributed by atoms with Crippen LogP contribution in [0.25, 0.3) is 0 Å². The fourth-order valence-corrected chi connectivity index (χ4v) is 1.25. The van der Waals surface area contributed by atoms with Crippen LogP contribution >= 0.6 is 0 Å². The summed E-state index contributed by atoms with van der Waals surface area (Å²) in [6.45, 7) is 3.95. The highest BCUT2D eigenvalue weighted by Gasteiger charge is 2.20. The van der Waals surface area contributed by atoms with Gasteiger partial charge in [0.2, 0.25) is 0 Å². The van der Waals surface area contributed by atoms with E-state index in [9.17, 15) is 9.18 Å². The molecule has 18 heavy (non-hydrogen) atoms. The van der Waals surface area contributed by atoms with Gasteiger partial charge >= 0.3 is 0 Å². The van der Waals surface area contributed by atoms with Gasteiger partial charge < -0.3 is 15.4 Å². The number of amides is 1. The van der Waals surface area contributed by atoms with Crippen molar-refractivity contribution in [1.82, 2.24) is 10.3 Å². The average molecular weight is 255 g/mol. The van der Waals surface area contributed by atoms with E-state index in [2.05, 4.69) is 15.6 Å². The number of aromatic nitrogens is 1. The lowest BCUT2D eigenvalue weighted by Crippen LogP contribution is -2.40. The number of carbonyl (C=O) groups is 1. The Labute approximate surface area is 106 Å². The Kier molecular flexibility index (Phi) is 4.61. The summed E-state index contributed by atoms with van der Waals surface area (Å²) in [7, 11) is 3.10. The minimum absolute atomic E-state index is 0.0405. The maximum atomic E-state index is 13.8. The van der Waals surface area contributed by atoms with E-state index in [-0.39, 0.29) is 11.4 Å². The molecule has 0 aliphatic heterocycles. The molecule has 0 radical (unpaired) electrons. The van der Waals surface area contributed by atoms with Gasteiger partial charge in [0.15, 0.2) is 11.6 Å². The van der Waals surface area contributed by atoms with Crippen LogP contribution in [0.5, 0.6) is 0 Å². The Balaban J connectivity index is 2.79. The molecule has 0 unspecified atom stereocenters. The van der Waals surface area contributed by atoms with Gasteiger partial charge in [-0.1, -0.05) is 0 Å². The van der Waals surface area contributed by atoms with Gasteiger partial charge in [-0.2, -0.15) is 0 Å². The van der Waals surface area contributed by atoms with Crippen LogP contribution in [0, 0.1) is 5.82 Å². The number of nitrogens with one attached hydrogen (secondary N) is 2. The zero-order chi connectivity index (χ0) is 13.8. The summed E-state index contributed by atoms with van der Waals surface area (Å²) in [6.07, 6.45) is 1.38. The van der Waals surface area contributed by atoms with E-state index in [1.807, 2.05) is 13.8 Å². The highest BCUT2D eigenvalue weighted by atomic mass is 19.1. The van der Waals surface area contributed by atoms with Crippen LogP contribution in [0.15, 0.2) is 12.3 Å². The number of carbonyl (C=O) groups excluding carboxylic acids is 1. The molecule has 100 valence electrons. The summed E-state index contributed by atoms with van der Waals surface area (Å²) in [5.41, 5.74) is -0.536. The zero-order valence-electron chi connectivity index (χ0n) is 11.0. The van der Waals surface area contributed by atoms with E-state index in [4.69, 9.17) is 4.74 Å². The molecule has 1 rings (SSSR count). The van der Waals surface area contributed by atoms with Crippen molar-refractivity contribution in [2.45, 2.75) is 19.4 Å². The van der Waals surface area contributed by atoms with Crippen molar-refractivity contribution in [2.75, 3.05) is 26.0 Å². The van der Waals surface area contributed by atoms with Crippen molar-refractivity contribution >= 4 is 11.7 Å². The van der Waals surface area contributed by atoms with Crippen LogP contribution in [0.2, 0.25) is 0 Å². The normalized spacial score (nSPS) is 11.2. The highest BCUT2D eigenvalue weighted by molar-refractivity contribution is 5.95. The number of ether oxygens (including phenoxy) is 1. The summed E-state index contributed by atoms with van der Waals surface area (Å²) in [6, 6.07) is 1.34. The molecule has 0 spiro atoms. The summed E-state index contributed by atoms with van der Waals surface area (Å²) >= 11 is 0. The molecule has 0 saturated heterocycles. The molecule has 0 aliphatic carbocycles. The Morgan fingerprint density at radius 2 is 2.22 bits per heavy atom. The van der Waals surface area contributed by atoms with Crippen LogP contribution in [0.3, 0.4) is 0 Å². The van der Waals surface area contributed by atoms with E-state index in [0.717, 1.165) is 0 Å². The molecule has 0 aliphatic rings. The van der Waals surface area contributed by atoms with Gasteiger partial charge in [0, 0.05) is 26.9 Å². The van der Waals surface area contributed by atoms with E-state index in [1.165, 1.54) is 12.3 Å². The Morgan fingerprint density at radius 1 is 1.56 bits per heavy atom. The Hall–Kier alpha value is -1.69. The van der Waals surface area contributed by atoms with Gasteiger partial charge in [-0.05, 0) is 19.9 Å². The lowest BCUT2D eigenvalue weighted by molar-refractivity contribution is 0.0228. The molecule has 0 fully saturated rings. The fourth-order valence-electron chi connectivity index (χ4n) is 1.25. The van der Waals surface area contributed by atoms with Crippen molar-refractivity contribution in [2.24, 2.45) is 0 Å². The second-order valence-corrected chi connectivity index (χ2v) is 4.42. The number of methoxy groups -OCH3 is 1. The van der Waals surface area contributed by atoms with Gasteiger partial charge in [-0.25, -0.2) is 9.37 Å². The topological polar surface area (TPSA) is 63.2 Å². The summed E-state index contributed by atoms with van der Waals surface area (Å²) in [5, 5.41) is 5.21. The van der Waals surface area contributed by atoms with Crippen LogP contribution in [-0.4, -0.2) is 37.2 Å². The number of rotatable bonds is 5. The SMILES string of the molecule is CNc1nccc(C(=O)NCC(C)(C)OC)c1F. The van der Waals surface area contributed by atoms with E-state index >= 15 is 0 Å². The third kappa shape index (κ3) is 3.40. The zero-order valence-corrected chi connectivity index (χ0v) is 11.0. The van der Waals surface area contributed by atoms with Crippen molar-refractivity contribution in [3.8, 4) is 0 Å². The molecule has 1 aromatic heterocycles. The monoisotopic (exact) mass is 255 g/mol. The molecule has 5 nitrogen and oxygen atoms in total. The second kappa shape index (κ2) is 5.77. The Morgan fingerprint density at radius 3 is 2.78 bits per heavy atom. The van der Waals surface area contributed by atoms with Crippen LogP contribution < -0.4 is 10.6 Å². The molecule has 0 saturated carbocycles. The number of hydrogen-bond acceptors (Lipinski definition) is 4. The third-order valence-electron chi connectivity index (χ3n) is 2.60. The number of hydrogen-bond donors (Lipinski definition) is 2. The summed E-state index contributed by atoms with van der Waals surface area (Å²) in [5.74, 6) is -1.10. The first-order valence-corrected chi connectivity index (χ1v) is 5.57. The molecule has 0 aromatic carbocycles. The fraction of sp³-hybridized carbons (Fsp3) is 0.500. The van der Waals surface area contributed by atoms with Crippen molar-refractivity contribution < 1.29 is 13.9 Å². The van der Waals surface area contributed by atoms with Crippen molar-refractivity contribution in [3.63, 3.8) is 0 Å². The first kappa shape index (κ1) is 14.4. The minimum Gasteiger partial charge on any atom is -0.377 e. The standard InChI is InChI=1S/C12H18FN3O2/c1-12(2,18-4)7-16-11(17)8-5-6-15-10(14-3)9(8)13/h5-6H,7H2,1-4H3,(H,14,15)(H,16,17). The van der Waals surface area contributed by atoms with Gasteiger partial charge in [0.05, 0.1) is 11.2 Å². The molecule has 1 aromatic rings. The lowest BCUT2D eigenvalue weighted by Gasteiger charge is -2.23. The summed E-state index contributed by atoms with van der Waals surface area (Å²) in [4.78, 5) is 15.6. The quantitative estimate of drug-likeness (QED) is 0.835. The third-order valence-corrected chi connectivity index (χ3v) is 2.60. The molecule has 6 heteroatoms. The first-order valence-electron chi connectivity index (χ1n) is 5.57. The van der Waals surface area contributed by atoms with Gasteiger partial charge in [0.1, 0.15) is 0 Å². The Bertz CT molecular complexity index is 435. The maximum Gasteiger partial charge on any atom is 0.254 e. The average Bonchev–Trinajstić information content (AvgIpc) is 2.36. The van der Waals surface area contributed by atoms with Crippen molar-refractivity contribution in [3.05, 3.63) is 23.6 Å². The van der Waals surface area contributed by atoms with Crippen LogP contribution in [0.1, 0.15) is 24.2 Å². The molecule has 1 amide bonds. The number of anilines is 1. The predicted molar refractivity (Wildman–Crippen MR) is 67.2 cm³/mol. The van der Waals surface area contributed by atoms with E-state index in [1.54, 1.807) is 14.2 Å². The molecular weight excluding hydrogens is 237 g/mol. The highest BCUT2D eigenvalue weighted by Crippen LogP contribution is 2.14. The molecule has 0 atom stereocenters. The largest absolute Gasteiger partial charge is 0.377 e. The van der Waals surface area contributed by atoms with Gasteiger partial charge in [0.25, 0.3) is 5.91 Å². The van der Waals surface area contributed by atoms with E-state index in [0.29, 0.717) is 6.54 Å². The van der Waals surface area contributed by atoms with Crippen molar-refractivity contribution in [1.29, 1.82) is 0 Å². The molecule has 1 heterocycles. The van der Waals surface area contributed by atoms with Crippen LogP contribution in [0.4, 0.5) is 10.2 Å². The molecular formula is C12H18FN3O2. The van der Waals surface area contributed by atoms with Gasteiger partial charge in [-0.15, -0.1) is 0 Å². The summed E-state index contributed by atoms with van der Waals surface area (Å²) < 4.78 is 19.0. The predicted octanol–water partition coefficient (Wildman–Crippen LogP) is 1.42. The number of pyridine rings is 1. The molecule has 0 bridgehead atoms. The lowest BCUT2D eigenvalue weighted by atomic mass is 10.1. The smallest absolute Gasteiger partial charge is 0.254 e. The van der Waals surface area contributed by atoms with Gasteiger partial charge in [-0.3, -0.25) is 4.79 Å². The first-order chi connectivity index (χ1) is 8.41. The second-order valence-electron chi connectivity index (χ2n) is 4.42. The van der Waals surface area contributed by atoms with E-state index < -0.39 is 17.3 Å². The number of halogens is 1. The molecule has 2 N–H and O–H groups in total. The van der Waals surface area contributed by atoms with Crippen LogP contribution in [-0.2, 0) is 4.74 Å². The minimum atomic E-state index is -0.660.